The molecule has 0 spiro atoms. The van der Waals surface area contributed by atoms with Crippen LogP contribution in [-0.2, 0) is 16.0 Å². The van der Waals surface area contributed by atoms with Crippen LogP contribution in [0.5, 0.6) is 0 Å². The lowest BCUT2D eigenvalue weighted by Crippen LogP contribution is -2.40. The monoisotopic (exact) mass is 412 g/mol. The van der Waals surface area contributed by atoms with Gasteiger partial charge >= 0.3 is 0 Å². The van der Waals surface area contributed by atoms with E-state index in [4.69, 9.17) is 11.6 Å². The average Bonchev–Trinajstić information content (AvgIpc) is 3.08. The van der Waals surface area contributed by atoms with Gasteiger partial charge in [-0.2, -0.15) is 0 Å². The number of piperidine rings is 1. The zero-order valence-corrected chi connectivity index (χ0v) is 17.3. The summed E-state index contributed by atoms with van der Waals surface area (Å²) >= 11 is 6.60. The summed E-state index contributed by atoms with van der Waals surface area (Å²) in [4.78, 5) is 28.9. The van der Waals surface area contributed by atoms with Gasteiger partial charge in [0.25, 0.3) is 0 Å². The number of benzene rings is 1. The fourth-order valence-electron chi connectivity index (χ4n) is 4.30. The lowest BCUT2D eigenvalue weighted by Gasteiger charge is -2.41. The quantitative estimate of drug-likeness (QED) is 0.561. The van der Waals surface area contributed by atoms with E-state index in [1.165, 1.54) is 0 Å². The molecule has 0 bridgehead atoms. The number of hydrogen-bond acceptors (Lipinski definition) is 4. The number of hydrogen-bond donors (Lipinski definition) is 2. The minimum absolute atomic E-state index is 0.0287. The van der Waals surface area contributed by atoms with Crippen molar-refractivity contribution in [2.75, 3.05) is 29.9 Å². The van der Waals surface area contributed by atoms with Crippen LogP contribution in [0.4, 0.5) is 11.4 Å². The smallest absolute Gasteiger partial charge is 0.228 e. The number of anilines is 2. The standard InChI is InChI=1S/C22H25ClN4O2/c1-22(4-7-24-14-28)5-8-27(9-6-22)21-17(12-25-13-18(21)23)15-2-3-16-11-20(29)26-19(16)10-15/h2-3,10,12-14H,4-9,11H2,1H3,(H,24,28)(H,26,29). The molecule has 1 saturated heterocycles. The Morgan fingerprint density at radius 3 is 2.86 bits per heavy atom. The second kappa shape index (κ2) is 8.03. The van der Waals surface area contributed by atoms with E-state index in [1.54, 1.807) is 6.20 Å². The van der Waals surface area contributed by atoms with Gasteiger partial charge in [0.1, 0.15) is 0 Å². The zero-order valence-electron chi connectivity index (χ0n) is 16.5. The van der Waals surface area contributed by atoms with Gasteiger partial charge in [0.2, 0.25) is 12.3 Å². The molecule has 1 aromatic carbocycles. The summed E-state index contributed by atoms with van der Waals surface area (Å²) in [5, 5.41) is 6.33. The molecule has 0 atom stereocenters. The fourth-order valence-corrected chi connectivity index (χ4v) is 4.57. The van der Waals surface area contributed by atoms with Gasteiger partial charge in [0.05, 0.1) is 17.1 Å². The fraction of sp³-hybridized carbons (Fsp3) is 0.409. The first-order valence-corrected chi connectivity index (χ1v) is 10.4. The number of aromatic nitrogens is 1. The number of rotatable bonds is 6. The van der Waals surface area contributed by atoms with Crippen molar-refractivity contribution < 1.29 is 9.59 Å². The van der Waals surface area contributed by atoms with Gasteiger partial charge in [-0.05, 0) is 41.9 Å². The van der Waals surface area contributed by atoms with Crippen LogP contribution >= 0.6 is 11.6 Å². The molecular weight excluding hydrogens is 388 g/mol. The minimum atomic E-state index is 0.0287. The molecule has 0 radical (unpaired) electrons. The number of carbonyl (C=O) groups excluding carboxylic acids is 2. The van der Waals surface area contributed by atoms with Crippen molar-refractivity contribution in [1.29, 1.82) is 0 Å². The van der Waals surface area contributed by atoms with Crippen molar-refractivity contribution in [1.82, 2.24) is 10.3 Å². The maximum Gasteiger partial charge on any atom is 0.228 e. The normalized spacial score (nSPS) is 17.6. The van der Waals surface area contributed by atoms with E-state index in [1.807, 2.05) is 24.4 Å². The zero-order chi connectivity index (χ0) is 20.4. The number of carbonyl (C=O) groups is 2. The van der Waals surface area contributed by atoms with E-state index in [9.17, 15) is 9.59 Å². The van der Waals surface area contributed by atoms with Crippen LogP contribution in [0, 0.1) is 5.41 Å². The highest BCUT2D eigenvalue weighted by molar-refractivity contribution is 6.33. The van der Waals surface area contributed by atoms with Crippen molar-refractivity contribution >= 4 is 35.3 Å². The third-order valence-electron chi connectivity index (χ3n) is 6.16. The number of amides is 2. The Kier molecular flexibility index (Phi) is 5.46. The van der Waals surface area contributed by atoms with Gasteiger partial charge in [-0.1, -0.05) is 30.7 Å². The first kappa shape index (κ1) is 19.7. The van der Waals surface area contributed by atoms with Crippen LogP contribution in [0.15, 0.2) is 30.6 Å². The molecule has 1 aromatic heterocycles. The second-order valence-electron chi connectivity index (χ2n) is 8.23. The molecule has 1 fully saturated rings. The molecule has 0 unspecified atom stereocenters. The first-order valence-electron chi connectivity index (χ1n) is 9.98. The van der Waals surface area contributed by atoms with E-state index in [-0.39, 0.29) is 11.3 Å². The Bertz CT molecular complexity index is 938. The third-order valence-corrected chi connectivity index (χ3v) is 6.44. The van der Waals surface area contributed by atoms with E-state index < -0.39 is 0 Å². The molecule has 2 amide bonds. The van der Waals surface area contributed by atoms with Crippen molar-refractivity contribution in [3.8, 4) is 11.1 Å². The van der Waals surface area contributed by atoms with Crippen molar-refractivity contribution in [2.45, 2.75) is 32.6 Å². The summed E-state index contributed by atoms with van der Waals surface area (Å²) < 4.78 is 0. The highest BCUT2D eigenvalue weighted by atomic mass is 35.5. The number of fused-ring (bicyclic) bond motifs is 1. The lowest BCUT2D eigenvalue weighted by atomic mass is 9.77. The number of nitrogens with zero attached hydrogens (tertiary/aromatic N) is 2. The van der Waals surface area contributed by atoms with Gasteiger partial charge in [-0.25, -0.2) is 0 Å². The lowest BCUT2D eigenvalue weighted by molar-refractivity contribution is -0.115. The maximum absolute atomic E-state index is 11.7. The topological polar surface area (TPSA) is 74.3 Å². The van der Waals surface area contributed by atoms with Crippen LogP contribution in [0.25, 0.3) is 11.1 Å². The summed E-state index contributed by atoms with van der Waals surface area (Å²) in [7, 11) is 0. The van der Waals surface area contributed by atoms with Gasteiger partial charge in [0.15, 0.2) is 0 Å². The van der Waals surface area contributed by atoms with Crippen molar-refractivity contribution in [3.63, 3.8) is 0 Å². The predicted octanol–water partition coefficient (Wildman–Crippen LogP) is 3.64. The summed E-state index contributed by atoms with van der Waals surface area (Å²) in [5.41, 5.74) is 5.08. The molecule has 2 aromatic rings. The van der Waals surface area contributed by atoms with E-state index in [0.717, 1.165) is 66.8 Å². The average molecular weight is 413 g/mol. The van der Waals surface area contributed by atoms with Crippen molar-refractivity contribution in [3.05, 3.63) is 41.2 Å². The van der Waals surface area contributed by atoms with Crippen LogP contribution in [0.1, 0.15) is 31.7 Å². The maximum atomic E-state index is 11.7. The van der Waals surface area contributed by atoms with Gasteiger partial charge in [-0.3, -0.25) is 14.6 Å². The number of halogens is 1. The third kappa shape index (κ3) is 4.08. The molecular formula is C22H25ClN4O2. The molecule has 29 heavy (non-hydrogen) atoms. The Balaban J connectivity index is 1.58. The highest BCUT2D eigenvalue weighted by Gasteiger charge is 2.31. The molecule has 2 aliphatic heterocycles. The van der Waals surface area contributed by atoms with Gasteiger partial charge in [-0.15, -0.1) is 0 Å². The van der Waals surface area contributed by atoms with Gasteiger partial charge < -0.3 is 15.5 Å². The molecule has 0 saturated carbocycles. The molecule has 152 valence electrons. The van der Waals surface area contributed by atoms with Crippen LogP contribution in [0.3, 0.4) is 0 Å². The number of nitrogens with one attached hydrogen (secondary N) is 2. The second-order valence-corrected chi connectivity index (χ2v) is 8.64. The molecule has 6 nitrogen and oxygen atoms in total. The molecule has 4 rings (SSSR count). The number of pyridine rings is 1. The SMILES string of the molecule is CC1(CCNC=O)CCN(c2c(Cl)cncc2-c2ccc3c(c2)NC(=O)C3)CC1. The Hall–Kier alpha value is -2.60. The van der Waals surface area contributed by atoms with Crippen molar-refractivity contribution in [2.24, 2.45) is 5.41 Å². The predicted molar refractivity (Wildman–Crippen MR) is 115 cm³/mol. The highest BCUT2D eigenvalue weighted by Crippen LogP contribution is 2.42. The Morgan fingerprint density at radius 1 is 1.31 bits per heavy atom. The van der Waals surface area contributed by atoms with Crippen LogP contribution in [0.2, 0.25) is 5.02 Å². The van der Waals surface area contributed by atoms with E-state index >= 15 is 0 Å². The summed E-state index contributed by atoms with van der Waals surface area (Å²) in [5.74, 6) is 0.0287. The minimum Gasteiger partial charge on any atom is -0.370 e. The Labute approximate surface area is 175 Å². The largest absolute Gasteiger partial charge is 0.370 e. The summed E-state index contributed by atoms with van der Waals surface area (Å²) in [6.07, 6.45) is 7.78. The summed E-state index contributed by atoms with van der Waals surface area (Å²) in [6, 6.07) is 6.05. The van der Waals surface area contributed by atoms with Gasteiger partial charge in [0, 0.05) is 43.3 Å². The molecule has 7 heteroatoms. The molecule has 3 heterocycles. The van der Waals surface area contributed by atoms with Crippen LogP contribution in [-0.4, -0.2) is 36.9 Å². The molecule has 2 aliphatic rings. The molecule has 2 N–H and O–H groups in total. The molecule has 0 aliphatic carbocycles. The van der Waals surface area contributed by atoms with E-state index in [0.29, 0.717) is 18.0 Å². The summed E-state index contributed by atoms with van der Waals surface area (Å²) in [6.45, 7) is 4.79. The first-order chi connectivity index (χ1) is 14.0. The van der Waals surface area contributed by atoms with E-state index in [2.05, 4.69) is 27.4 Å². The Morgan fingerprint density at radius 2 is 2.10 bits per heavy atom. The van der Waals surface area contributed by atoms with Crippen LogP contribution < -0.4 is 15.5 Å².